The first-order valence-electron chi connectivity index (χ1n) is 10.3. The van der Waals surface area contributed by atoms with Crippen molar-refractivity contribution in [2.45, 2.75) is 25.9 Å². The lowest BCUT2D eigenvalue weighted by Crippen LogP contribution is -2.34. The summed E-state index contributed by atoms with van der Waals surface area (Å²) in [6, 6.07) is 13.0. The summed E-state index contributed by atoms with van der Waals surface area (Å²) in [5.41, 5.74) is 0.923. The minimum absolute atomic E-state index is 0.0352. The normalized spacial score (nSPS) is 17.0. The number of nitro benzene ring substituents is 1. The molecule has 31 heavy (non-hydrogen) atoms. The molecule has 3 rings (SSSR count). The lowest BCUT2D eigenvalue weighted by atomic mass is 9.99. The van der Waals surface area contributed by atoms with Gasteiger partial charge in [-0.2, -0.15) is 0 Å². The number of rotatable bonds is 6. The molecule has 2 atom stereocenters. The molecule has 8 nitrogen and oxygen atoms in total. The second-order valence-corrected chi connectivity index (χ2v) is 8.08. The van der Waals surface area contributed by atoms with Crippen molar-refractivity contribution in [3.63, 3.8) is 0 Å². The largest absolute Gasteiger partial charge is 0.444 e. The van der Waals surface area contributed by atoms with E-state index < -0.39 is 22.9 Å². The number of esters is 1. The quantitative estimate of drug-likeness (QED) is 0.397. The van der Waals surface area contributed by atoms with E-state index in [0.717, 1.165) is 25.9 Å². The maximum Gasteiger partial charge on any atom is 0.339 e. The second kappa shape index (κ2) is 9.59. The second-order valence-electron chi connectivity index (χ2n) is 8.08. The van der Waals surface area contributed by atoms with Gasteiger partial charge < -0.3 is 14.5 Å². The van der Waals surface area contributed by atoms with Crippen LogP contribution in [0.1, 0.15) is 41.8 Å². The van der Waals surface area contributed by atoms with Gasteiger partial charge in [-0.3, -0.25) is 14.9 Å². The molecule has 1 fully saturated rings. The third-order valence-corrected chi connectivity index (χ3v) is 5.40. The van der Waals surface area contributed by atoms with Gasteiger partial charge in [0.1, 0.15) is 5.69 Å². The van der Waals surface area contributed by atoms with Gasteiger partial charge in [0.25, 0.3) is 11.6 Å². The number of piperidine rings is 1. The van der Waals surface area contributed by atoms with Gasteiger partial charge in [0.15, 0.2) is 0 Å². The highest BCUT2D eigenvalue weighted by Crippen LogP contribution is 2.33. The van der Waals surface area contributed by atoms with Crippen molar-refractivity contribution in [2.24, 2.45) is 5.92 Å². The van der Waals surface area contributed by atoms with Crippen LogP contribution in [0.15, 0.2) is 48.5 Å². The van der Waals surface area contributed by atoms with Crippen LogP contribution in [-0.2, 0) is 9.53 Å². The minimum atomic E-state index is -1.13. The van der Waals surface area contributed by atoms with E-state index >= 15 is 0 Å². The van der Waals surface area contributed by atoms with Gasteiger partial charge in [0, 0.05) is 38.8 Å². The first kappa shape index (κ1) is 22.3. The van der Waals surface area contributed by atoms with Crippen LogP contribution in [0, 0.1) is 16.0 Å². The van der Waals surface area contributed by atoms with Gasteiger partial charge in [-0.05, 0) is 30.9 Å². The number of hydrogen-bond acceptors (Lipinski definition) is 6. The van der Waals surface area contributed by atoms with Gasteiger partial charge in [-0.15, -0.1) is 0 Å². The van der Waals surface area contributed by atoms with Gasteiger partial charge in [-0.1, -0.05) is 37.3 Å². The fourth-order valence-electron chi connectivity index (χ4n) is 3.77. The molecule has 0 spiro atoms. The Morgan fingerprint density at radius 2 is 1.90 bits per heavy atom. The first-order chi connectivity index (χ1) is 14.8. The Hall–Kier alpha value is -3.42. The maximum absolute atomic E-state index is 12.8. The van der Waals surface area contributed by atoms with Crippen molar-refractivity contribution in [3.05, 3.63) is 69.8 Å². The molecule has 2 aromatic carbocycles. The average molecular weight is 425 g/mol. The van der Waals surface area contributed by atoms with Crippen LogP contribution in [0.5, 0.6) is 0 Å². The van der Waals surface area contributed by atoms with E-state index in [1.54, 1.807) is 50.5 Å². The standard InChI is InChI=1S/C23H27N3O5/c1-16-8-7-13-25(15-16)19-12-11-18(14-20(19)26(29)30)23(28)31-21(22(27)24(2)3)17-9-5-4-6-10-17/h4-6,9-12,14,16,21H,7-8,13,15H2,1-3H3/t16-,21-/m0/s1. The summed E-state index contributed by atoms with van der Waals surface area (Å²) in [6.45, 7) is 3.59. The van der Waals surface area contributed by atoms with Crippen LogP contribution in [0.4, 0.5) is 11.4 Å². The Labute approximate surface area is 181 Å². The predicted octanol–water partition coefficient (Wildman–Crippen LogP) is 3.82. The number of nitrogens with zero attached hydrogens (tertiary/aromatic N) is 3. The topological polar surface area (TPSA) is 93.0 Å². The molecule has 1 heterocycles. The zero-order valence-electron chi connectivity index (χ0n) is 18.0. The zero-order valence-corrected chi connectivity index (χ0v) is 18.0. The van der Waals surface area contributed by atoms with E-state index in [0.29, 0.717) is 17.2 Å². The van der Waals surface area contributed by atoms with Crippen LogP contribution < -0.4 is 4.90 Å². The summed E-state index contributed by atoms with van der Waals surface area (Å²) in [4.78, 5) is 40.0. The molecule has 0 bridgehead atoms. The Morgan fingerprint density at radius 3 is 2.52 bits per heavy atom. The molecule has 0 aromatic heterocycles. The summed E-state index contributed by atoms with van der Waals surface area (Å²) < 4.78 is 5.52. The Morgan fingerprint density at radius 1 is 1.19 bits per heavy atom. The molecule has 1 amide bonds. The molecule has 1 aliphatic rings. The van der Waals surface area contributed by atoms with Crippen molar-refractivity contribution >= 4 is 23.3 Å². The van der Waals surface area contributed by atoms with Crippen molar-refractivity contribution in [1.82, 2.24) is 4.90 Å². The number of carbonyl (C=O) groups excluding carboxylic acids is 2. The molecule has 0 unspecified atom stereocenters. The van der Waals surface area contributed by atoms with Gasteiger partial charge >= 0.3 is 5.97 Å². The first-order valence-corrected chi connectivity index (χ1v) is 10.3. The predicted molar refractivity (Wildman–Crippen MR) is 117 cm³/mol. The molecule has 8 heteroatoms. The minimum Gasteiger partial charge on any atom is -0.444 e. The number of amides is 1. The fraction of sp³-hybridized carbons (Fsp3) is 0.391. The third-order valence-electron chi connectivity index (χ3n) is 5.40. The fourth-order valence-corrected chi connectivity index (χ4v) is 3.77. The van der Waals surface area contributed by atoms with Crippen LogP contribution in [0.3, 0.4) is 0 Å². The van der Waals surface area contributed by atoms with E-state index in [1.807, 2.05) is 4.90 Å². The highest BCUT2D eigenvalue weighted by atomic mass is 16.6. The molecule has 0 saturated carbocycles. The molecule has 0 N–H and O–H groups in total. The van der Waals surface area contributed by atoms with Gasteiger partial charge in [0.05, 0.1) is 10.5 Å². The smallest absolute Gasteiger partial charge is 0.339 e. The molecular weight excluding hydrogens is 398 g/mol. The van der Waals surface area contributed by atoms with Crippen LogP contribution >= 0.6 is 0 Å². The lowest BCUT2D eigenvalue weighted by molar-refractivity contribution is -0.384. The van der Waals surface area contributed by atoms with Gasteiger partial charge in [-0.25, -0.2) is 4.79 Å². The van der Waals surface area contributed by atoms with E-state index in [1.165, 1.54) is 17.0 Å². The third kappa shape index (κ3) is 5.20. The monoisotopic (exact) mass is 425 g/mol. The molecule has 164 valence electrons. The summed E-state index contributed by atoms with van der Waals surface area (Å²) in [5.74, 6) is -0.736. The highest BCUT2D eigenvalue weighted by molar-refractivity contribution is 5.94. The van der Waals surface area contributed by atoms with Crippen molar-refractivity contribution in [2.75, 3.05) is 32.1 Å². The Kier molecular flexibility index (Phi) is 6.89. The van der Waals surface area contributed by atoms with Crippen molar-refractivity contribution in [3.8, 4) is 0 Å². The molecule has 1 aliphatic heterocycles. The van der Waals surface area contributed by atoms with E-state index in [2.05, 4.69) is 6.92 Å². The van der Waals surface area contributed by atoms with Crippen molar-refractivity contribution < 1.29 is 19.2 Å². The summed E-state index contributed by atoms with van der Waals surface area (Å²) in [7, 11) is 3.15. The molecule has 1 saturated heterocycles. The van der Waals surface area contributed by atoms with E-state index in [4.69, 9.17) is 4.74 Å². The van der Waals surface area contributed by atoms with Crippen LogP contribution in [0.25, 0.3) is 0 Å². The summed E-state index contributed by atoms with van der Waals surface area (Å²) >= 11 is 0. The SMILES string of the molecule is C[C@H]1CCCN(c2ccc(C(=O)O[C@H](C(=O)N(C)C)c3ccccc3)cc2[N+](=O)[O-])C1. The maximum atomic E-state index is 12.8. The van der Waals surface area contributed by atoms with Crippen LogP contribution in [-0.4, -0.2) is 48.9 Å². The molecular formula is C23H27N3O5. The number of carbonyl (C=O) groups is 2. The zero-order chi connectivity index (χ0) is 22.5. The summed E-state index contributed by atoms with van der Waals surface area (Å²) in [6.07, 6.45) is 0.925. The number of hydrogen-bond donors (Lipinski definition) is 0. The number of anilines is 1. The van der Waals surface area contributed by atoms with Crippen molar-refractivity contribution in [1.29, 1.82) is 0 Å². The summed E-state index contributed by atoms with van der Waals surface area (Å²) in [5, 5.41) is 11.7. The molecule has 0 radical (unpaired) electrons. The molecule has 0 aliphatic carbocycles. The Bertz CT molecular complexity index is 961. The number of benzene rings is 2. The molecule has 2 aromatic rings. The number of nitro groups is 1. The average Bonchev–Trinajstić information content (AvgIpc) is 2.76. The van der Waals surface area contributed by atoms with Gasteiger partial charge in [0.2, 0.25) is 6.10 Å². The Balaban J connectivity index is 1.88. The van der Waals surface area contributed by atoms with E-state index in [-0.39, 0.29) is 11.3 Å². The van der Waals surface area contributed by atoms with Crippen LogP contribution in [0.2, 0.25) is 0 Å². The number of ether oxygens (including phenoxy) is 1. The lowest BCUT2D eigenvalue weighted by Gasteiger charge is -2.32. The number of likely N-dealkylation sites (N-methyl/N-ethyl adjacent to an activating group) is 1. The highest BCUT2D eigenvalue weighted by Gasteiger charge is 2.29. The van der Waals surface area contributed by atoms with E-state index in [9.17, 15) is 19.7 Å².